The summed E-state index contributed by atoms with van der Waals surface area (Å²) in [5.41, 5.74) is 6.30. The molecule has 1 saturated heterocycles. The summed E-state index contributed by atoms with van der Waals surface area (Å²) in [6.45, 7) is 8.07. The highest BCUT2D eigenvalue weighted by Crippen LogP contribution is 2.29. The second kappa shape index (κ2) is 5.87. The number of nitrogens with zero attached hydrogens (tertiary/aromatic N) is 1. The molecule has 0 amide bonds. The van der Waals surface area contributed by atoms with Gasteiger partial charge in [-0.2, -0.15) is 0 Å². The third kappa shape index (κ3) is 2.76. The molecule has 0 saturated carbocycles. The zero-order valence-electron chi connectivity index (χ0n) is 11.5. The van der Waals surface area contributed by atoms with Gasteiger partial charge in [-0.15, -0.1) is 0 Å². The highest BCUT2D eigenvalue weighted by molar-refractivity contribution is 5.09. The smallest absolute Gasteiger partial charge is 0.122 e. The Kier molecular flexibility index (Phi) is 4.43. The summed E-state index contributed by atoms with van der Waals surface area (Å²) in [5, 5.41) is 0. The highest BCUT2D eigenvalue weighted by Gasteiger charge is 2.34. The molecule has 1 aromatic heterocycles. The lowest BCUT2D eigenvalue weighted by molar-refractivity contribution is -0.0738. The van der Waals surface area contributed by atoms with Crippen molar-refractivity contribution in [2.24, 2.45) is 5.73 Å². The molecule has 4 atom stereocenters. The Morgan fingerprint density at radius 2 is 2.28 bits per heavy atom. The van der Waals surface area contributed by atoms with Crippen molar-refractivity contribution in [3.63, 3.8) is 0 Å². The van der Waals surface area contributed by atoms with E-state index in [4.69, 9.17) is 14.9 Å². The van der Waals surface area contributed by atoms with Gasteiger partial charge in [0.15, 0.2) is 0 Å². The number of morpholine rings is 1. The zero-order chi connectivity index (χ0) is 13.1. The van der Waals surface area contributed by atoms with Crippen LogP contribution in [0.2, 0.25) is 0 Å². The summed E-state index contributed by atoms with van der Waals surface area (Å²) < 4.78 is 11.3. The Labute approximate surface area is 109 Å². The summed E-state index contributed by atoms with van der Waals surface area (Å²) in [5.74, 6) is 0.963. The van der Waals surface area contributed by atoms with Crippen LogP contribution in [0.15, 0.2) is 22.8 Å². The van der Waals surface area contributed by atoms with Crippen molar-refractivity contribution in [3.05, 3.63) is 24.2 Å². The predicted octanol–water partition coefficient (Wildman–Crippen LogP) is 2.17. The van der Waals surface area contributed by atoms with Gasteiger partial charge in [0.05, 0.1) is 25.0 Å². The molecule has 1 aromatic rings. The van der Waals surface area contributed by atoms with E-state index >= 15 is 0 Å². The van der Waals surface area contributed by atoms with Crippen LogP contribution in [0.1, 0.15) is 39.0 Å². The molecule has 0 aliphatic carbocycles. The fourth-order valence-corrected chi connectivity index (χ4v) is 2.62. The van der Waals surface area contributed by atoms with Crippen LogP contribution < -0.4 is 5.73 Å². The zero-order valence-corrected chi connectivity index (χ0v) is 11.5. The van der Waals surface area contributed by atoms with Gasteiger partial charge in [-0.25, -0.2) is 0 Å². The average molecular weight is 252 g/mol. The minimum atomic E-state index is 0.0869. The van der Waals surface area contributed by atoms with Crippen LogP contribution >= 0.6 is 0 Å². The number of rotatable bonds is 4. The third-order valence-electron chi connectivity index (χ3n) is 3.72. The number of hydrogen-bond donors (Lipinski definition) is 1. The van der Waals surface area contributed by atoms with E-state index in [1.54, 1.807) is 6.26 Å². The molecule has 2 N–H and O–H groups in total. The Morgan fingerprint density at radius 1 is 1.50 bits per heavy atom. The van der Waals surface area contributed by atoms with Crippen LogP contribution in [0.4, 0.5) is 0 Å². The van der Waals surface area contributed by atoms with Crippen LogP contribution in [0.5, 0.6) is 0 Å². The minimum absolute atomic E-state index is 0.0869. The molecule has 0 radical (unpaired) electrons. The predicted molar refractivity (Wildman–Crippen MR) is 71.3 cm³/mol. The number of ether oxygens (including phenoxy) is 1. The Morgan fingerprint density at radius 3 is 2.89 bits per heavy atom. The number of furan rings is 1. The molecule has 0 aromatic carbocycles. The van der Waals surface area contributed by atoms with Crippen molar-refractivity contribution in [1.29, 1.82) is 0 Å². The van der Waals surface area contributed by atoms with E-state index in [9.17, 15) is 0 Å². The van der Waals surface area contributed by atoms with E-state index in [0.717, 1.165) is 25.3 Å². The largest absolute Gasteiger partial charge is 0.468 e. The van der Waals surface area contributed by atoms with Crippen molar-refractivity contribution in [2.45, 2.75) is 51.4 Å². The monoisotopic (exact) mass is 252 g/mol. The molecule has 2 heterocycles. The molecule has 1 aliphatic rings. The lowest BCUT2D eigenvalue weighted by Crippen LogP contribution is -2.53. The van der Waals surface area contributed by atoms with E-state index < -0.39 is 0 Å². The molecule has 4 nitrogen and oxygen atoms in total. The standard InChI is InChI=1S/C14H24N2O2/c1-4-12(15)14(13-6-5-7-17-13)16-8-11(3)18-9-10(16)2/h5-7,10-12,14H,4,8-9,15H2,1-3H3. The Balaban J connectivity index is 2.22. The van der Waals surface area contributed by atoms with Crippen LogP contribution in [-0.4, -0.2) is 36.2 Å². The maximum absolute atomic E-state index is 6.30. The molecule has 2 rings (SSSR count). The molecule has 1 aliphatic heterocycles. The average Bonchev–Trinajstić information content (AvgIpc) is 2.87. The lowest BCUT2D eigenvalue weighted by Gasteiger charge is -2.43. The second-order valence-corrected chi connectivity index (χ2v) is 5.22. The van der Waals surface area contributed by atoms with Crippen molar-refractivity contribution >= 4 is 0 Å². The van der Waals surface area contributed by atoms with Gasteiger partial charge in [-0.3, -0.25) is 4.90 Å². The van der Waals surface area contributed by atoms with Crippen LogP contribution in [0.25, 0.3) is 0 Å². The molecule has 18 heavy (non-hydrogen) atoms. The van der Waals surface area contributed by atoms with Crippen molar-refractivity contribution in [1.82, 2.24) is 4.90 Å². The van der Waals surface area contributed by atoms with Gasteiger partial charge < -0.3 is 14.9 Å². The minimum Gasteiger partial charge on any atom is -0.468 e. The number of nitrogens with two attached hydrogens (primary N) is 1. The topological polar surface area (TPSA) is 51.6 Å². The normalized spacial score (nSPS) is 29.1. The molecule has 1 fully saturated rings. The van der Waals surface area contributed by atoms with E-state index in [1.165, 1.54) is 0 Å². The molecule has 0 bridgehead atoms. The maximum Gasteiger partial charge on any atom is 0.122 e. The first kappa shape index (κ1) is 13.6. The molecule has 4 unspecified atom stereocenters. The van der Waals surface area contributed by atoms with Gasteiger partial charge in [0.1, 0.15) is 5.76 Å². The third-order valence-corrected chi connectivity index (χ3v) is 3.72. The van der Waals surface area contributed by atoms with Gasteiger partial charge >= 0.3 is 0 Å². The summed E-state index contributed by atoms with van der Waals surface area (Å²) >= 11 is 0. The second-order valence-electron chi connectivity index (χ2n) is 5.22. The SMILES string of the molecule is CCC(N)C(c1ccco1)N1CC(C)OCC1C. The van der Waals surface area contributed by atoms with Crippen LogP contribution in [-0.2, 0) is 4.74 Å². The molecule has 4 heteroatoms. The van der Waals surface area contributed by atoms with Gasteiger partial charge in [0, 0.05) is 18.6 Å². The lowest BCUT2D eigenvalue weighted by atomic mass is 9.99. The first-order valence-corrected chi connectivity index (χ1v) is 6.79. The van der Waals surface area contributed by atoms with Gasteiger partial charge in [0.25, 0.3) is 0 Å². The quantitative estimate of drug-likeness (QED) is 0.892. The Bertz CT molecular complexity index is 353. The summed E-state index contributed by atoms with van der Waals surface area (Å²) in [6, 6.07) is 4.55. The van der Waals surface area contributed by atoms with Crippen LogP contribution in [0.3, 0.4) is 0 Å². The molecule has 102 valence electrons. The maximum atomic E-state index is 6.30. The van der Waals surface area contributed by atoms with Gasteiger partial charge in [-0.1, -0.05) is 6.92 Å². The van der Waals surface area contributed by atoms with Gasteiger partial charge in [0.2, 0.25) is 0 Å². The van der Waals surface area contributed by atoms with Crippen molar-refractivity contribution < 1.29 is 9.15 Å². The fraction of sp³-hybridized carbons (Fsp3) is 0.714. The van der Waals surface area contributed by atoms with Crippen LogP contribution in [0, 0.1) is 0 Å². The summed E-state index contributed by atoms with van der Waals surface area (Å²) in [7, 11) is 0. The van der Waals surface area contributed by atoms with E-state index in [-0.39, 0.29) is 18.2 Å². The summed E-state index contributed by atoms with van der Waals surface area (Å²) in [6.07, 6.45) is 2.91. The first-order valence-electron chi connectivity index (χ1n) is 6.79. The first-order chi connectivity index (χ1) is 8.63. The molecule has 0 spiro atoms. The fourth-order valence-electron chi connectivity index (χ4n) is 2.62. The Hall–Kier alpha value is -0.840. The van der Waals surface area contributed by atoms with Crippen molar-refractivity contribution in [2.75, 3.05) is 13.2 Å². The highest BCUT2D eigenvalue weighted by atomic mass is 16.5. The van der Waals surface area contributed by atoms with Crippen molar-refractivity contribution in [3.8, 4) is 0 Å². The van der Waals surface area contributed by atoms with E-state index in [0.29, 0.717) is 6.04 Å². The number of hydrogen-bond acceptors (Lipinski definition) is 4. The molecular weight excluding hydrogens is 228 g/mol. The van der Waals surface area contributed by atoms with Gasteiger partial charge in [-0.05, 0) is 32.4 Å². The summed E-state index contributed by atoms with van der Waals surface area (Å²) in [4.78, 5) is 2.42. The van der Waals surface area contributed by atoms with E-state index in [2.05, 4.69) is 25.7 Å². The molecular formula is C14H24N2O2. The van der Waals surface area contributed by atoms with E-state index in [1.807, 2.05) is 12.1 Å².